The molecule has 1 aromatic heterocycles. The first-order valence-electron chi connectivity index (χ1n) is 9.52. The van der Waals surface area contributed by atoms with Gasteiger partial charge in [-0.2, -0.15) is 5.26 Å². The minimum atomic E-state index is -0.672. The van der Waals surface area contributed by atoms with Crippen LogP contribution in [0.2, 0.25) is 0 Å². The molecule has 0 bridgehead atoms. The molecule has 8 nitrogen and oxygen atoms in total. The number of amides is 1. The molecule has 0 radical (unpaired) electrons. The lowest BCUT2D eigenvalue weighted by atomic mass is 10.0. The van der Waals surface area contributed by atoms with E-state index in [2.05, 4.69) is 0 Å². The predicted molar refractivity (Wildman–Crippen MR) is 125 cm³/mol. The quantitative estimate of drug-likeness (QED) is 0.390. The van der Waals surface area contributed by atoms with Crippen LogP contribution in [0.4, 0.5) is 0 Å². The molecule has 1 amide bonds. The summed E-state index contributed by atoms with van der Waals surface area (Å²) < 4.78 is 6.27. The lowest BCUT2D eigenvalue weighted by Crippen LogP contribution is -2.35. The first-order valence-corrected chi connectivity index (χ1v) is 10.7. The Hall–Kier alpha value is -3.42. The van der Waals surface area contributed by atoms with E-state index in [1.165, 1.54) is 6.92 Å². The van der Waals surface area contributed by atoms with E-state index in [0.717, 1.165) is 26.8 Å². The molecule has 1 aliphatic rings. The van der Waals surface area contributed by atoms with Crippen molar-refractivity contribution in [3.8, 4) is 17.7 Å². The van der Waals surface area contributed by atoms with Crippen LogP contribution in [0.25, 0.3) is 6.08 Å². The van der Waals surface area contributed by atoms with Crippen molar-refractivity contribution in [1.82, 2.24) is 9.47 Å². The van der Waals surface area contributed by atoms with Gasteiger partial charge in [-0.1, -0.05) is 36.1 Å². The van der Waals surface area contributed by atoms with Gasteiger partial charge in [0.25, 0.3) is 11.5 Å². The highest BCUT2D eigenvalue weighted by Gasteiger charge is 2.35. The molecule has 1 N–H and O–H groups in total. The summed E-state index contributed by atoms with van der Waals surface area (Å²) in [6.45, 7) is 2.68. The molecule has 1 aromatic carbocycles. The van der Waals surface area contributed by atoms with E-state index in [1.54, 1.807) is 50.4 Å². The summed E-state index contributed by atoms with van der Waals surface area (Å²) in [7, 11) is 1.56. The highest BCUT2D eigenvalue weighted by molar-refractivity contribution is 8.26. The van der Waals surface area contributed by atoms with Crippen molar-refractivity contribution in [3.05, 3.63) is 61.8 Å². The van der Waals surface area contributed by atoms with E-state index in [1.807, 2.05) is 0 Å². The summed E-state index contributed by atoms with van der Waals surface area (Å²) in [6.07, 6.45) is 1.66. The average molecular weight is 470 g/mol. The van der Waals surface area contributed by atoms with E-state index in [9.17, 15) is 24.8 Å². The number of pyridine rings is 1. The zero-order chi connectivity index (χ0) is 23.6. The van der Waals surface area contributed by atoms with Gasteiger partial charge in [-0.3, -0.25) is 23.9 Å². The van der Waals surface area contributed by atoms with Gasteiger partial charge >= 0.3 is 0 Å². The minimum Gasteiger partial charge on any atom is -0.497 e. The van der Waals surface area contributed by atoms with Crippen LogP contribution in [-0.2, 0) is 11.3 Å². The van der Waals surface area contributed by atoms with E-state index in [-0.39, 0.29) is 27.6 Å². The number of aromatic nitrogens is 1. The van der Waals surface area contributed by atoms with Crippen LogP contribution in [0.15, 0.2) is 34.0 Å². The topological polar surface area (TPSA) is 113 Å². The smallest absolute Gasteiger partial charge is 0.271 e. The zero-order valence-electron chi connectivity index (χ0n) is 17.5. The maximum atomic E-state index is 13.0. The summed E-state index contributed by atoms with van der Waals surface area (Å²) in [4.78, 5) is 39.7. The molecule has 1 saturated heterocycles. The monoisotopic (exact) mass is 469 g/mol. The maximum Gasteiger partial charge on any atom is 0.271 e. The van der Waals surface area contributed by atoms with Gasteiger partial charge in [0.2, 0.25) is 5.88 Å². The van der Waals surface area contributed by atoms with Crippen LogP contribution in [-0.4, -0.2) is 44.2 Å². The lowest BCUT2D eigenvalue weighted by molar-refractivity contribution is -0.121. The van der Waals surface area contributed by atoms with Crippen molar-refractivity contribution in [1.29, 1.82) is 5.26 Å². The van der Waals surface area contributed by atoms with Crippen molar-refractivity contribution in [3.63, 3.8) is 0 Å². The fourth-order valence-electron chi connectivity index (χ4n) is 3.29. The molecular formula is C22H19N3O5S2. The largest absolute Gasteiger partial charge is 0.497 e. The molecular weight excluding hydrogens is 450 g/mol. The normalized spacial score (nSPS) is 14.7. The molecule has 0 spiro atoms. The second-order valence-corrected chi connectivity index (χ2v) is 8.50. The number of hydrogen-bond donors (Lipinski definition) is 1. The number of ether oxygens (including phenoxy) is 1. The number of methoxy groups -OCH3 is 1. The third kappa shape index (κ3) is 4.17. The number of carbonyl (C=O) groups excluding carboxylic acids is 2. The number of aromatic hydroxyl groups is 1. The van der Waals surface area contributed by atoms with Gasteiger partial charge in [-0.25, -0.2) is 0 Å². The molecule has 0 saturated carbocycles. The number of hydrogen-bond acceptors (Lipinski definition) is 8. The predicted octanol–water partition coefficient (Wildman–Crippen LogP) is 2.85. The molecule has 1 aliphatic heterocycles. The molecule has 0 aliphatic carbocycles. The Kier molecular flexibility index (Phi) is 6.81. The van der Waals surface area contributed by atoms with Crippen LogP contribution < -0.4 is 10.3 Å². The van der Waals surface area contributed by atoms with Crippen LogP contribution >= 0.6 is 24.0 Å². The Labute approximate surface area is 193 Å². The zero-order valence-corrected chi connectivity index (χ0v) is 19.2. The van der Waals surface area contributed by atoms with Crippen molar-refractivity contribution >= 4 is 46.1 Å². The second-order valence-electron chi connectivity index (χ2n) is 6.82. The molecule has 164 valence electrons. The molecule has 2 aromatic rings. The number of rotatable bonds is 6. The lowest BCUT2D eigenvalue weighted by Gasteiger charge is -2.17. The Bertz CT molecular complexity index is 1260. The van der Waals surface area contributed by atoms with Crippen LogP contribution in [0.1, 0.15) is 34.0 Å². The molecule has 0 atom stereocenters. The van der Waals surface area contributed by atoms with Gasteiger partial charge in [0.1, 0.15) is 21.7 Å². The SMILES string of the molecule is CCn1c(O)c(C(=O)CN2C(=O)/C(=C/c3ccc(OC)cc3)SC2=S)c(C)c(C#N)c1=O. The summed E-state index contributed by atoms with van der Waals surface area (Å²) in [5, 5.41) is 19.8. The van der Waals surface area contributed by atoms with E-state index < -0.39 is 29.7 Å². The Morgan fingerprint density at radius 3 is 2.53 bits per heavy atom. The molecule has 0 unspecified atom stereocenters. The number of thioether (sulfide) groups is 1. The summed E-state index contributed by atoms with van der Waals surface area (Å²) in [5.74, 6) is -0.912. The Morgan fingerprint density at radius 1 is 1.31 bits per heavy atom. The molecule has 1 fully saturated rings. The van der Waals surface area contributed by atoms with Gasteiger partial charge < -0.3 is 9.84 Å². The van der Waals surface area contributed by atoms with Gasteiger partial charge in [0.15, 0.2) is 5.78 Å². The van der Waals surface area contributed by atoms with Crippen molar-refractivity contribution in [2.45, 2.75) is 20.4 Å². The third-order valence-electron chi connectivity index (χ3n) is 4.98. The fraction of sp³-hybridized carbons (Fsp3) is 0.227. The Morgan fingerprint density at radius 2 is 1.97 bits per heavy atom. The number of ketones is 1. The highest BCUT2D eigenvalue weighted by Crippen LogP contribution is 2.33. The van der Waals surface area contributed by atoms with Crippen LogP contribution in [0, 0.1) is 18.3 Å². The highest BCUT2D eigenvalue weighted by atomic mass is 32.2. The van der Waals surface area contributed by atoms with Gasteiger partial charge in [0, 0.05) is 6.54 Å². The number of nitriles is 1. The number of Topliss-reactive ketones (excluding diaryl/α,β-unsaturated/α-hetero) is 1. The summed E-state index contributed by atoms with van der Waals surface area (Å²) in [5.41, 5.74) is -0.229. The number of benzene rings is 1. The number of nitrogens with zero attached hydrogens (tertiary/aromatic N) is 3. The second kappa shape index (κ2) is 9.38. The third-order valence-corrected chi connectivity index (χ3v) is 6.36. The summed E-state index contributed by atoms with van der Waals surface area (Å²) in [6, 6.07) is 8.89. The van der Waals surface area contributed by atoms with Crippen molar-refractivity contribution in [2.24, 2.45) is 0 Å². The Balaban J connectivity index is 1.91. The van der Waals surface area contributed by atoms with Crippen LogP contribution in [0.5, 0.6) is 11.6 Å². The van der Waals surface area contributed by atoms with Crippen LogP contribution in [0.3, 0.4) is 0 Å². The van der Waals surface area contributed by atoms with E-state index >= 15 is 0 Å². The first-order chi connectivity index (χ1) is 15.2. The van der Waals surface area contributed by atoms with Gasteiger partial charge in [0.05, 0.1) is 24.1 Å². The molecule has 2 heterocycles. The number of carbonyl (C=O) groups is 2. The van der Waals surface area contributed by atoms with Gasteiger partial charge in [-0.05, 0) is 43.2 Å². The molecule has 10 heteroatoms. The molecule has 3 rings (SSSR count). The maximum absolute atomic E-state index is 13.0. The average Bonchev–Trinajstić information content (AvgIpc) is 3.02. The molecule has 32 heavy (non-hydrogen) atoms. The first kappa shape index (κ1) is 23.2. The number of thiocarbonyl (C=S) groups is 1. The minimum absolute atomic E-state index is 0.0731. The van der Waals surface area contributed by atoms with Crippen molar-refractivity contribution < 1.29 is 19.4 Å². The van der Waals surface area contributed by atoms with Crippen molar-refractivity contribution in [2.75, 3.05) is 13.7 Å². The van der Waals surface area contributed by atoms with E-state index in [4.69, 9.17) is 17.0 Å². The standard InChI is InChI=1S/C22H19N3O5S2/c1-4-24-19(27)15(10-23)12(2)18(21(24)29)16(26)11-25-20(28)17(32-22(25)31)9-13-5-7-14(30-3)8-6-13/h5-9,29H,4,11H2,1-3H3/b17-9-. The van der Waals surface area contributed by atoms with Gasteiger partial charge in [-0.15, -0.1) is 0 Å². The van der Waals surface area contributed by atoms with E-state index in [0.29, 0.717) is 10.7 Å². The summed E-state index contributed by atoms with van der Waals surface area (Å²) >= 11 is 6.35. The fourth-order valence-corrected chi connectivity index (χ4v) is 4.54.